The Labute approximate surface area is 124 Å². The standard InChI is InChI=1S/C17H19NO3/c1-10-6-7-14-15(8-10)17(21)18(16(14)20)13-5-3-4-12(9-13)11(2)19/h3-5,9-10,14-15H,6-8H2,1-2H3/t10-,14+,15+/m1/s1. The van der Waals surface area contributed by atoms with Gasteiger partial charge in [-0.1, -0.05) is 19.1 Å². The Hall–Kier alpha value is -1.97. The van der Waals surface area contributed by atoms with E-state index in [4.69, 9.17) is 0 Å². The predicted molar refractivity (Wildman–Crippen MR) is 78.9 cm³/mol. The van der Waals surface area contributed by atoms with Gasteiger partial charge in [0.1, 0.15) is 0 Å². The highest BCUT2D eigenvalue weighted by Gasteiger charge is 2.49. The first-order valence-corrected chi connectivity index (χ1v) is 7.48. The Bertz CT molecular complexity index is 622. The summed E-state index contributed by atoms with van der Waals surface area (Å²) in [5.74, 6) is -0.125. The molecule has 1 heterocycles. The maximum Gasteiger partial charge on any atom is 0.237 e. The number of nitrogens with zero attached hydrogens (tertiary/aromatic N) is 1. The molecule has 0 spiro atoms. The molecule has 0 aromatic heterocycles. The van der Waals surface area contributed by atoms with Crippen molar-refractivity contribution >= 4 is 23.3 Å². The van der Waals surface area contributed by atoms with Crippen molar-refractivity contribution in [2.45, 2.75) is 33.1 Å². The number of Topliss-reactive ketones (excluding diaryl/α,β-unsaturated/α-hetero) is 1. The fourth-order valence-corrected chi connectivity index (χ4v) is 3.51. The van der Waals surface area contributed by atoms with Crippen molar-refractivity contribution < 1.29 is 14.4 Å². The van der Waals surface area contributed by atoms with Gasteiger partial charge in [-0.3, -0.25) is 19.3 Å². The van der Waals surface area contributed by atoms with E-state index in [2.05, 4.69) is 6.92 Å². The Morgan fingerprint density at radius 2 is 1.86 bits per heavy atom. The first-order valence-electron chi connectivity index (χ1n) is 7.48. The number of carbonyl (C=O) groups is 3. The lowest BCUT2D eigenvalue weighted by atomic mass is 9.76. The van der Waals surface area contributed by atoms with Gasteiger partial charge in [-0.15, -0.1) is 0 Å². The zero-order valence-electron chi connectivity index (χ0n) is 12.3. The van der Waals surface area contributed by atoms with Crippen LogP contribution in [0.1, 0.15) is 43.5 Å². The van der Waals surface area contributed by atoms with Gasteiger partial charge in [0.2, 0.25) is 11.8 Å². The zero-order valence-corrected chi connectivity index (χ0v) is 12.3. The van der Waals surface area contributed by atoms with Crippen LogP contribution in [0.3, 0.4) is 0 Å². The number of anilines is 1. The number of imide groups is 1. The third-order valence-electron chi connectivity index (χ3n) is 4.70. The minimum Gasteiger partial charge on any atom is -0.295 e. The molecule has 2 aliphatic rings. The third-order valence-corrected chi connectivity index (χ3v) is 4.70. The molecule has 0 unspecified atom stereocenters. The SMILES string of the molecule is CC(=O)c1cccc(N2C(=O)[C@H]3CC[C@@H](C)C[C@@H]3C2=O)c1. The molecule has 1 aliphatic carbocycles. The minimum absolute atomic E-state index is 0.0676. The molecule has 110 valence electrons. The van der Waals surface area contributed by atoms with Gasteiger partial charge in [0, 0.05) is 5.56 Å². The molecule has 4 nitrogen and oxygen atoms in total. The Morgan fingerprint density at radius 1 is 1.14 bits per heavy atom. The molecule has 0 N–H and O–H groups in total. The van der Waals surface area contributed by atoms with Crippen LogP contribution in [0, 0.1) is 17.8 Å². The smallest absolute Gasteiger partial charge is 0.237 e. The van der Waals surface area contributed by atoms with Gasteiger partial charge < -0.3 is 0 Å². The van der Waals surface area contributed by atoms with Crippen molar-refractivity contribution in [3.8, 4) is 0 Å². The van der Waals surface area contributed by atoms with E-state index in [1.807, 2.05) is 0 Å². The second-order valence-electron chi connectivity index (χ2n) is 6.25. The van der Waals surface area contributed by atoms with Crippen molar-refractivity contribution in [2.75, 3.05) is 4.90 Å². The van der Waals surface area contributed by atoms with Crippen molar-refractivity contribution in [3.05, 3.63) is 29.8 Å². The maximum atomic E-state index is 12.6. The van der Waals surface area contributed by atoms with Crippen LogP contribution < -0.4 is 4.90 Å². The summed E-state index contributed by atoms with van der Waals surface area (Å²) < 4.78 is 0. The van der Waals surface area contributed by atoms with Gasteiger partial charge in [-0.25, -0.2) is 0 Å². The molecule has 3 rings (SSSR count). The lowest BCUT2D eigenvalue weighted by Crippen LogP contribution is -2.31. The van der Waals surface area contributed by atoms with Gasteiger partial charge in [-0.2, -0.15) is 0 Å². The highest BCUT2D eigenvalue weighted by atomic mass is 16.2. The Kier molecular flexibility index (Phi) is 3.40. The van der Waals surface area contributed by atoms with Crippen LogP contribution in [0.2, 0.25) is 0 Å². The molecule has 1 aromatic carbocycles. The number of hydrogen-bond donors (Lipinski definition) is 0. The van der Waals surface area contributed by atoms with E-state index in [0.717, 1.165) is 19.3 Å². The van der Waals surface area contributed by atoms with Gasteiger partial charge in [0.05, 0.1) is 17.5 Å². The van der Waals surface area contributed by atoms with Gasteiger partial charge in [-0.05, 0) is 44.2 Å². The third kappa shape index (κ3) is 2.28. The monoisotopic (exact) mass is 285 g/mol. The number of benzene rings is 1. The highest BCUT2D eigenvalue weighted by molar-refractivity contribution is 6.22. The molecule has 1 aliphatic heterocycles. The maximum absolute atomic E-state index is 12.6. The van der Waals surface area contributed by atoms with Gasteiger partial charge in [0.25, 0.3) is 0 Å². The summed E-state index contributed by atoms with van der Waals surface area (Å²) in [7, 11) is 0. The van der Waals surface area contributed by atoms with Crippen LogP contribution in [0.15, 0.2) is 24.3 Å². The molecule has 1 aromatic rings. The van der Waals surface area contributed by atoms with E-state index < -0.39 is 0 Å². The van der Waals surface area contributed by atoms with Crippen LogP contribution in [-0.2, 0) is 9.59 Å². The molecular formula is C17H19NO3. The number of carbonyl (C=O) groups excluding carboxylic acids is 3. The molecule has 4 heteroatoms. The molecule has 1 saturated carbocycles. The van der Waals surface area contributed by atoms with Crippen LogP contribution >= 0.6 is 0 Å². The summed E-state index contributed by atoms with van der Waals surface area (Å²) in [5.41, 5.74) is 1.05. The van der Waals surface area contributed by atoms with E-state index in [1.54, 1.807) is 24.3 Å². The van der Waals surface area contributed by atoms with Gasteiger partial charge in [0.15, 0.2) is 5.78 Å². The van der Waals surface area contributed by atoms with Crippen LogP contribution in [0.5, 0.6) is 0 Å². The predicted octanol–water partition coefficient (Wildman–Crippen LogP) is 2.81. The van der Waals surface area contributed by atoms with Crippen LogP contribution in [0.25, 0.3) is 0 Å². The molecule has 2 amide bonds. The topological polar surface area (TPSA) is 54.5 Å². The normalized spacial score (nSPS) is 28.7. The molecule has 2 fully saturated rings. The molecule has 21 heavy (non-hydrogen) atoms. The van der Waals surface area contributed by atoms with E-state index in [9.17, 15) is 14.4 Å². The fourth-order valence-electron chi connectivity index (χ4n) is 3.51. The molecule has 3 atom stereocenters. The summed E-state index contributed by atoms with van der Waals surface area (Å²) in [5, 5.41) is 0. The number of hydrogen-bond acceptors (Lipinski definition) is 3. The van der Waals surface area contributed by atoms with Crippen molar-refractivity contribution in [1.29, 1.82) is 0 Å². The summed E-state index contributed by atoms with van der Waals surface area (Å²) in [4.78, 5) is 37.9. The number of amides is 2. The van der Waals surface area contributed by atoms with Crippen molar-refractivity contribution in [3.63, 3.8) is 0 Å². The minimum atomic E-state index is -0.178. The summed E-state index contributed by atoms with van der Waals surface area (Å²) >= 11 is 0. The van der Waals surface area contributed by atoms with E-state index in [0.29, 0.717) is 17.2 Å². The molecule has 1 saturated heterocycles. The quantitative estimate of drug-likeness (QED) is 0.620. The average Bonchev–Trinajstić information content (AvgIpc) is 2.70. The number of ketones is 1. The summed E-state index contributed by atoms with van der Waals surface area (Å²) in [6, 6.07) is 6.78. The highest BCUT2D eigenvalue weighted by Crippen LogP contribution is 2.42. The van der Waals surface area contributed by atoms with Crippen molar-refractivity contribution in [1.82, 2.24) is 0 Å². The summed E-state index contributed by atoms with van der Waals surface area (Å²) in [6.45, 7) is 3.61. The second-order valence-corrected chi connectivity index (χ2v) is 6.25. The largest absolute Gasteiger partial charge is 0.295 e. The molecular weight excluding hydrogens is 266 g/mol. The van der Waals surface area contributed by atoms with E-state index in [1.165, 1.54) is 11.8 Å². The van der Waals surface area contributed by atoms with E-state index >= 15 is 0 Å². The fraction of sp³-hybridized carbons (Fsp3) is 0.471. The summed E-state index contributed by atoms with van der Waals surface area (Å²) in [6.07, 6.45) is 2.58. The lowest BCUT2D eigenvalue weighted by molar-refractivity contribution is -0.122. The van der Waals surface area contributed by atoms with E-state index in [-0.39, 0.29) is 29.4 Å². The first kappa shape index (κ1) is 14.0. The Morgan fingerprint density at radius 3 is 2.57 bits per heavy atom. The first-order chi connectivity index (χ1) is 9.99. The van der Waals surface area contributed by atoms with Crippen molar-refractivity contribution in [2.24, 2.45) is 17.8 Å². The van der Waals surface area contributed by atoms with Crippen LogP contribution in [-0.4, -0.2) is 17.6 Å². The van der Waals surface area contributed by atoms with Gasteiger partial charge >= 0.3 is 0 Å². The van der Waals surface area contributed by atoms with Crippen LogP contribution in [0.4, 0.5) is 5.69 Å². The molecule has 0 radical (unpaired) electrons. The lowest BCUT2D eigenvalue weighted by Gasteiger charge is -2.25. The average molecular weight is 285 g/mol. The second kappa shape index (κ2) is 5.10. The number of rotatable bonds is 2. The number of fused-ring (bicyclic) bond motifs is 1. The Balaban J connectivity index is 1.95. The molecule has 0 bridgehead atoms. The zero-order chi connectivity index (χ0) is 15.1.